The molecule has 2 fully saturated rings. The molecule has 9 nitrogen and oxygen atoms in total. The van der Waals surface area contributed by atoms with Gasteiger partial charge in [0.1, 0.15) is 11.8 Å². The highest BCUT2D eigenvalue weighted by molar-refractivity contribution is 7.89. The lowest BCUT2D eigenvalue weighted by Crippen LogP contribution is -2.58. The molecule has 34 heavy (non-hydrogen) atoms. The molecule has 1 atom stereocenters. The monoisotopic (exact) mass is 506 g/mol. The van der Waals surface area contributed by atoms with Crippen molar-refractivity contribution in [2.45, 2.75) is 49.5 Å². The number of carbonyl (C=O) groups excluding carboxylic acids is 2. The van der Waals surface area contributed by atoms with E-state index in [0.29, 0.717) is 23.2 Å². The van der Waals surface area contributed by atoms with Gasteiger partial charge in [-0.1, -0.05) is 38.2 Å². The van der Waals surface area contributed by atoms with Gasteiger partial charge in [-0.2, -0.15) is 4.31 Å². The number of hydrogen-bond acceptors (Lipinski definition) is 7. The van der Waals surface area contributed by atoms with Crippen LogP contribution in [0.15, 0.2) is 40.7 Å². The lowest BCUT2D eigenvalue weighted by atomic mass is 9.84. The zero-order valence-electron chi connectivity index (χ0n) is 19.2. The summed E-state index contributed by atoms with van der Waals surface area (Å²) in [7, 11) is -2.40. The molecule has 2 aromatic rings. The molecule has 1 saturated heterocycles. The number of piperazine rings is 1. The Morgan fingerprint density at radius 3 is 2.74 bits per heavy atom. The molecule has 2 amide bonds. The van der Waals surface area contributed by atoms with E-state index in [-0.39, 0.29) is 36.3 Å². The summed E-state index contributed by atoms with van der Waals surface area (Å²) in [5, 5.41) is 5.11. The third-order valence-corrected chi connectivity index (χ3v) is 9.05. The fraction of sp³-hybridized carbons (Fsp3) is 0.522. The fourth-order valence-corrected chi connectivity index (χ4v) is 6.65. The Hall–Kier alpha value is -2.50. The smallest absolute Gasteiger partial charge is 0.248 e. The zero-order chi connectivity index (χ0) is 24.1. The number of hydrogen-bond donors (Lipinski definition) is 1. The first kappa shape index (κ1) is 24.6. The van der Waals surface area contributed by atoms with Crippen molar-refractivity contribution < 1.29 is 22.7 Å². The lowest BCUT2D eigenvalue weighted by molar-refractivity contribution is -0.142. The van der Waals surface area contributed by atoms with E-state index >= 15 is 0 Å². The Balaban J connectivity index is 1.50. The lowest BCUT2D eigenvalue weighted by Gasteiger charge is -2.39. The number of thiazole rings is 1. The predicted molar refractivity (Wildman–Crippen MR) is 129 cm³/mol. The molecule has 2 aliphatic rings. The van der Waals surface area contributed by atoms with Crippen LogP contribution in [0.1, 0.15) is 38.5 Å². The van der Waals surface area contributed by atoms with Crippen LogP contribution in [0.4, 0.5) is 5.13 Å². The number of amides is 2. The summed E-state index contributed by atoms with van der Waals surface area (Å²) in [6.45, 7) is -0.0209. The predicted octanol–water partition coefficient (Wildman–Crippen LogP) is 2.96. The van der Waals surface area contributed by atoms with E-state index in [9.17, 15) is 18.0 Å². The minimum absolute atomic E-state index is 0.0772. The molecule has 0 bridgehead atoms. The first-order valence-corrected chi connectivity index (χ1v) is 13.8. The van der Waals surface area contributed by atoms with E-state index < -0.39 is 16.1 Å². The van der Waals surface area contributed by atoms with Gasteiger partial charge in [0.25, 0.3) is 0 Å². The second-order valence-corrected chi connectivity index (χ2v) is 11.5. The van der Waals surface area contributed by atoms with Crippen LogP contribution in [0.25, 0.3) is 0 Å². The molecule has 1 N–H and O–H groups in total. The van der Waals surface area contributed by atoms with Gasteiger partial charge in [0.15, 0.2) is 5.13 Å². The van der Waals surface area contributed by atoms with Crippen molar-refractivity contribution in [2.75, 3.05) is 32.1 Å². The maximum Gasteiger partial charge on any atom is 0.248 e. The summed E-state index contributed by atoms with van der Waals surface area (Å²) in [6.07, 6.45) is 7.73. The Labute approximate surface area is 204 Å². The van der Waals surface area contributed by atoms with Crippen molar-refractivity contribution in [3.8, 4) is 5.75 Å². The average Bonchev–Trinajstić information content (AvgIpc) is 3.36. The number of nitrogens with one attached hydrogen (secondary N) is 1. The maximum atomic E-state index is 13.2. The highest BCUT2D eigenvalue weighted by Crippen LogP contribution is 2.30. The summed E-state index contributed by atoms with van der Waals surface area (Å²) in [4.78, 5) is 32.2. The second kappa shape index (κ2) is 10.8. The molecule has 1 aliphatic heterocycles. The molecule has 184 valence electrons. The molecular weight excluding hydrogens is 476 g/mol. The third-order valence-electron chi connectivity index (χ3n) is 6.52. The zero-order valence-corrected chi connectivity index (χ0v) is 20.8. The first-order chi connectivity index (χ1) is 16.4. The molecule has 1 aromatic heterocycles. The number of rotatable bonds is 8. The van der Waals surface area contributed by atoms with Crippen molar-refractivity contribution in [1.82, 2.24) is 14.2 Å². The van der Waals surface area contributed by atoms with Crippen LogP contribution in [-0.4, -0.2) is 67.2 Å². The number of benzene rings is 1. The standard InChI is InChI=1S/C23H30N4O5S2/c1-32-18-8-5-9-19(15-18)34(30,31)26-11-12-27(21(28)16-26)20(14-17-6-3-2-4-7-17)22(29)25-23-24-10-13-33-23/h5,8-10,13,15,17,20H,2-4,6-7,11-12,14,16H2,1H3,(H,24,25,29). The summed E-state index contributed by atoms with van der Waals surface area (Å²) < 4.78 is 32.6. The molecule has 11 heteroatoms. The van der Waals surface area contributed by atoms with Crippen LogP contribution in [0.5, 0.6) is 5.75 Å². The van der Waals surface area contributed by atoms with E-state index in [2.05, 4.69) is 10.3 Å². The largest absolute Gasteiger partial charge is 0.497 e. The second-order valence-electron chi connectivity index (χ2n) is 8.69. The molecule has 2 heterocycles. The van der Waals surface area contributed by atoms with E-state index in [1.807, 2.05) is 0 Å². The summed E-state index contributed by atoms with van der Waals surface area (Å²) in [5.41, 5.74) is 0. The van der Waals surface area contributed by atoms with Crippen molar-refractivity contribution >= 4 is 38.3 Å². The minimum Gasteiger partial charge on any atom is -0.497 e. The minimum atomic E-state index is -3.87. The Kier molecular flexibility index (Phi) is 7.84. The molecule has 1 aromatic carbocycles. The first-order valence-electron chi connectivity index (χ1n) is 11.5. The Bertz CT molecular complexity index is 1100. The van der Waals surface area contributed by atoms with E-state index in [1.165, 1.54) is 41.3 Å². The number of aromatic nitrogens is 1. The maximum absolute atomic E-state index is 13.2. The van der Waals surface area contributed by atoms with E-state index in [4.69, 9.17) is 4.74 Å². The third kappa shape index (κ3) is 5.59. The highest BCUT2D eigenvalue weighted by atomic mass is 32.2. The Morgan fingerprint density at radius 2 is 2.06 bits per heavy atom. The van der Waals surface area contributed by atoms with Crippen LogP contribution < -0.4 is 10.1 Å². The van der Waals surface area contributed by atoms with Gasteiger partial charge in [-0.15, -0.1) is 11.3 Å². The number of anilines is 1. The van der Waals surface area contributed by atoms with Crippen LogP contribution >= 0.6 is 11.3 Å². The Morgan fingerprint density at radius 1 is 1.26 bits per heavy atom. The summed E-state index contributed by atoms with van der Waals surface area (Å²) in [6, 6.07) is 5.55. The number of ether oxygens (including phenoxy) is 1. The van der Waals surface area contributed by atoms with Crippen LogP contribution in [-0.2, 0) is 19.6 Å². The van der Waals surface area contributed by atoms with Gasteiger partial charge in [0.2, 0.25) is 21.8 Å². The molecule has 4 rings (SSSR count). The molecule has 0 radical (unpaired) electrons. The number of methoxy groups -OCH3 is 1. The van der Waals surface area contributed by atoms with Crippen molar-refractivity contribution in [2.24, 2.45) is 5.92 Å². The topological polar surface area (TPSA) is 109 Å². The van der Waals surface area contributed by atoms with Gasteiger partial charge in [-0.25, -0.2) is 13.4 Å². The molecular formula is C23H30N4O5S2. The normalized spacial score (nSPS) is 19.1. The fourth-order valence-electron chi connectivity index (χ4n) is 4.70. The van der Waals surface area contributed by atoms with Crippen molar-refractivity contribution in [1.29, 1.82) is 0 Å². The quantitative estimate of drug-likeness (QED) is 0.590. The van der Waals surface area contributed by atoms with Crippen LogP contribution in [0.3, 0.4) is 0 Å². The van der Waals surface area contributed by atoms with Gasteiger partial charge >= 0.3 is 0 Å². The molecule has 1 unspecified atom stereocenters. The van der Waals surface area contributed by atoms with Crippen molar-refractivity contribution in [3.05, 3.63) is 35.8 Å². The van der Waals surface area contributed by atoms with Gasteiger partial charge in [0, 0.05) is 30.7 Å². The highest BCUT2D eigenvalue weighted by Gasteiger charge is 2.39. The van der Waals surface area contributed by atoms with Crippen LogP contribution in [0.2, 0.25) is 0 Å². The number of nitrogens with zero attached hydrogens (tertiary/aromatic N) is 3. The van der Waals surface area contributed by atoms with Gasteiger partial charge < -0.3 is 15.0 Å². The van der Waals surface area contributed by atoms with Gasteiger partial charge in [-0.3, -0.25) is 9.59 Å². The SMILES string of the molecule is COc1cccc(S(=O)(=O)N2CCN(C(CC3CCCCC3)C(=O)Nc3nccs3)C(=O)C2)c1. The molecule has 0 spiro atoms. The van der Waals surface area contributed by atoms with E-state index in [0.717, 1.165) is 25.7 Å². The van der Waals surface area contributed by atoms with Gasteiger partial charge in [0.05, 0.1) is 18.6 Å². The van der Waals surface area contributed by atoms with Gasteiger partial charge in [-0.05, 0) is 24.5 Å². The molecule has 1 saturated carbocycles. The van der Waals surface area contributed by atoms with Crippen molar-refractivity contribution in [3.63, 3.8) is 0 Å². The van der Waals surface area contributed by atoms with E-state index in [1.54, 1.807) is 28.6 Å². The number of carbonyl (C=O) groups is 2. The number of sulfonamides is 1. The summed E-state index contributed by atoms with van der Waals surface area (Å²) in [5.74, 6) is 0.162. The average molecular weight is 507 g/mol. The van der Waals surface area contributed by atoms with Crippen LogP contribution in [0, 0.1) is 5.92 Å². The summed E-state index contributed by atoms with van der Waals surface area (Å²) >= 11 is 1.32. The molecule has 1 aliphatic carbocycles.